The van der Waals surface area contributed by atoms with Gasteiger partial charge in [-0.1, -0.05) is 0 Å². The van der Waals surface area contributed by atoms with E-state index in [4.69, 9.17) is 5.63 Å². The van der Waals surface area contributed by atoms with Gasteiger partial charge in [0.1, 0.15) is 0 Å². The van der Waals surface area contributed by atoms with E-state index in [-0.39, 0.29) is 18.9 Å². The second-order valence-electron chi connectivity index (χ2n) is 9.62. The molecule has 2 atom stereocenters. The average Bonchev–Trinajstić information content (AvgIpc) is 3.57. The molecule has 4 aromatic carbocycles. The van der Waals surface area contributed by atoms with E-state index >= 15 is 0 Å². The van der Waals surface area contributed by atoms with E-state index in [1.165, 1.54) is 24.3 Å². The molecule has 0 saturated carbocycles. The van der Waals surface area contributed by atoms with Gasteiger partial charge in [0.25, 0.3) is 0 Å². The van der Waals surface area contributed by atoms with Gasteiger partial charge in [0.2, 0.25) is 0 Å². The van der Waals surface area contributed by atoms with E-state index < -0.39 is 19.2 Å². The summed E-state index contributed by atoms with van der Waals surface area (Å²) in [5, 5.41) is 0. The van der Waals surface area contributed by atoms with Crippen LogP contribution in [0, 0.1) is 11.6 Å². The number of fused-ring (bicyclic) bond motifs is 2. The van der Waals surface area contributed by atoms with Gasteiger partial charge in [0, 0.05) is 0 Å². The molecule has 2 aliphatic carbocycles. The molecule has 4 aromatic rings. The van der Waals surface area contributed by atoms with Crippen LogP contribution in [-0.4, -0.2) is 3.71 Å². The molecular formula is C32H26F2O2Zr. The predicted octanol–water partition coefficient (Wildman–Crippen LogP) is 8.30. The first-order chi connectivity index (χ1) is 18.0. The molecule has 0 radical (unpaired) electrons. The van der Waals surface area contributed by atoms with Crippen molar-refractivity contribution in [1.82, 2.24) is 0 Å². The van der Waals surface area contributed by atoms with Gasteiger partial charge in [0.15, 0.2) is 0 Å². The predicted molar refractivity (Wildman–Crippen MR) is 142 cm³/mol. The Balaban J connectivity index is 1.68. The minimum atomic E-state index is -5.35. The second-order valence-corrected chi connectivity index (χ2v) is 21.4. The summed E-state index contributed by atoms with van der Waals surface area (Å²) in [5.74, 6) is 0.421. The molecule has 0 spiro atoms. The summed E-state index contributed by atoms with van der Waals surface area (Å²) in [6, 6.07) is 28.8. The topological polar surface area (TPSA) is 18.5 Å². The molecule has 37 heavy (non-hydrogen) atoms. The Morgan fingerprint density at radius 1 is 0.595 bits per heavy atom. The van der Waals surface area contributed by atoms with Crippen molar-refractivity contribution in [2.45, 2.75) is 14.2 Å². The van der Waals surface area contributed by atoms with Gasteiger partial charge in [-0.3, -0.25) is 0 Å². The van der Waals surface area contributed by atoms with Crippen molar-refractivity contribution in [3.63, 3.8) is 0 Å². The Morgan fingerprint density at radius 3 is 1.41 bits per heavy atom. The zero-order valence-corrected chi connectivity index (χ0v) is 22.8. The van der Waals surface area contributed by atoms with Crippen LogP contribution in [0.2, 0.25) is 0 Å². The van der Waals surface area contributed by atoms with Crippen molar-refractivity contribution < 1.29 is 33.6 Å². The standard InChI is InChI=1S/2C9H7.2C6H5FO.C2H4.Zr/c2*1-2-5-9-7-3-6-8(9)4-1;2*7-5-1-3-6(8)4-2-5;1-2;/h2*1-7H;2*1-4,8H;1H,2H3;/q;;;;;+2/p-2. The van der Waals surface area contributed by atoms with E-state index in [9.17, 15) is 8.78 Å². The first kappa shape index (κ1) is 23.9. The number of allylic oxidation sites excluding steroid dienone is 2. The Hall–Kier alpha value is -3.43. The van der Waals surface area contributed by atoms with Gasteiger partial charge in [-0.05, 0) is 0 Å². The molecule has 0 fully saturated rings. The van der Waals surface area contributed by atoms with Crippen LogP contribution < -0.4 is 5.63 Å². The van der Waals surface area contributed by atoms with E-state index in [0.29, 0.717) is 11.5 Å². The molecule has 2 unspecified atom stereocenters. The summed E-state index contributed by atoms with van der Waals surface area (Å²) in [6.45, 7) is 2.02. The van der Waals surface area contributed by atoms with Crippen molar-refractivity contribution >= 4 is 15.9 Å². The first-order valence-electron chi connectivity index (χ1n) is 12.4. The normalized spacial score (nSPS) is 17.8. The Bertz CT molecular complexity index is 1480. The van der Waals surface area contributed by atoms with Gasteiger partial charge < -0.3 is 0 Å². The van der Waals surface area contributed by atoms with Crippen LogP contribution in [0.3, 0.4) is 0 Å². The Kier molecular flexibility index (Phi) is 5.92. The second kappa shape index (κ2) is 9.15. The molecular weight excluding hydrogens is 546 g/mol. The van der Waals surface area contributed by atoms with Gasteiger partial charge in [0.05, 0.1) is 0 Å². The zero-order valence-electron chi connectivity index (χ0n) is 20.4. The van der Waals surface area contributed by atoms with Crippen molar-refractivity contribution in [2.75, 3.05) is 0 Å². The van der Waals surface area contributed by atoms with Crippen LogP contribution >= 0.6 is 0 Å². The molecule has 0 heterocycles. The SMILES string of the molecule is C[CH]=[Zr]([O]c1ccc(F)cc1)([O]c1ccc(F)cc1)([CH]1C=Cc2ccccc21)[CH]1C=Cc2ccccc21. The van der Waals surface area contributed by atoms with E-state index in [1.54, 1.807) is 24.3 Å². The first-order valence-corrected chi connectivity index (χ1v) is 18.7. The van der Waals surface area contributed by atoms with Gasteiger partial charge in [-0.15, -0.1) is 0 Å². The van der Waals surface area contributed by atoms with Gasteiger partial charge in [-0.25, -0.2) is 0 Å². The number of hydrogen-bond acceptors (Lipinski definition) is 2. The van der Waals surface area contributed by atoms with Crippen LogP contribution in [0.4, 0.5) is 8.78 Å². The van der Waals surface area contributed by atoms with Crippen LogP contribution in [0.25, 0.3) is 12.2 Å². The summed E-state index contributed by atoms with van der Waals surface area (Å²) in [4.78, 5) is 0. The number of benzene rings is 4. The zero-order chi connectivity index (χ0) is 25.5. The third-order valence-corrected chi connectivity index (χ3v) is 22.3. The van der Waals surface area contributed by atoms with E-state index in [2.05, 4.69) is 52.3 Å². The number of rotatable bonds is 6. The molecule has 2 nitrogen and oxygen atoms in total. The molecule has 0 aliphatic heterocycles. The molecule has 5 heteroatoms. The maximum absolute atomic E-state index is 13.9. The maximum atomic E-state index is 13.9. The molecule has 0 saturated heterocycles. The quantitative estimate of drug-likeness (QED) is 0.232. The number of hydrogen-bond donors (Lipinski definition) is 0. The van der Waals surface area contributed by atoms with Crippen molar-refractivity contribution in [1.29, 1.82) is 0 Å². The molecule has 0 amide bonds. The Labute approximate surface area is 217 Å². The fourth-order valence-electron chi connectivity index (χ4n) is 5.95. The molecule has 0 aromatic heterocycles. The Morgan fingerprint density at radius 2 is 1.00 bits per heavy atom. The van der Waals surface area contributed by atoms with Crippen LogP contribution in [0.5, 0.6) is 11.5 Å². The van der Waals surface area contributed by atoms with Crippen LogP contribution in [0.15, 0.2) is 109 Å². The van der Waals surface area contributed by atoms with Crippen LogP contribution in [-0.2, 0) is 19.2 Å². The fraction of sp³-hybridized carbons (Fsp3) is 0.0938. The summed E-state index contributed by atoms with van der Waals surface area (Å²) in [7, 11) is 0. The minimum absolute atomic E-state index is 0.182. The van der Waals surface area contributed by atoms with Crippen molar-refractivity contribution in [3.05, 3.63) is 143 Å². The summed E-state index contributed by atoms with van der Waals surface area (Å²) >= 11 is -5.35. The molecule has 0 N–H and O–H groups in total. The van der Waals surface area contributed by atoms with Gasteiger partial charge >= 0.3 is 218 Å². The van der Waals surface area contributed by atoms with E-state index in [1.807, 2.05) is 31.2 Å². The number of halogens is 2. The fourth-order valence-corrected chi connectivity index (χ4v) is 20.4. The monoisotopic (exact) mass is 570 g/mol. The van der Waals surface area contributed by atoms with E-state index in [0.717, 1.165) is 22.3 Å². The van der Waals surface area contributed by atoms with Crippen molar-refractivity contribution in [3.8, 4) is 11.5 Å². The average molecular weight is 572 g/mol. The van der Waals surface area contributed by atoms with Crippen molar-refractivity contribution in [2.24, 2.45) is 0 Å². The molecule has 184 valence electrons. The third kappa shape index (κ3) is 3.88. The van der Waals surface area contributed by atoms with Crippen LogP contribution in [0.1, 0.15) is 36.4 Å². The summed E-state index contributed by atoms with van der Waals surface area (Å²) in [6.07, 6.45) is 8.64. The molecule has 2 aliphatic rings. The molecule has 0 bridgehead atoms. The summed E-state index contributed by atoms with van der Waals surface area (Å²) in [5.41, 5.74) is 4.51. The molecule has 6 rings (SSSR count). The van der Waals surface area contributed by atoms with Gasteiger partial charge in [-0.2, -0.15) is 0 Å². The third-order valence-electron chi connectivity index (χ3n) is 7.69. The summed E-state index contributed by atoms with van der Waals surface area (Å²) < 4.78 is 44.2.